The Morgan fingerprint density at radius 2 is 1.64 bits per heavy atom. The molecule has 0 atom stereocenters. The standard InChI is InChI=1S/C21H24O4/c1-21(2,3)15-8-6-14(7-9-15)12-18(20(22)23)17-11-10-16(24-4)13-19(17)25-5/h6-13H,1-5H3,(H,22,23)/b18-12-. The number of hydrogen-bond donors (Lipinski definition) is 1. The number of aliphatic carboxylic acids is 1. The number of carboxylic acid groups (broad SMARTS) is 1. The molecule has 0 radical (unpaired) electrons. The molecule has 0 aliphatic carbocycles. The number of rotatable bonds is 5. The Kier molecular flexibility index (Phi) is 5.52. The lowest BCUT2D eigenvalue weighted by molar-refractivity contribution is -0.130. The van der Waals surface area contributed by atoms with Gasteiger partial charge in [-0.05, 0) is 34.8 Å². The summed E-state index contributed by atoms with van der Waals surface area (Å²) in [4.78, 5) is 11.8. The number of carbonyl (C=O) groups is 1. The van der Waals surface area contributed by atoms with Gasteiger partial charge in [0.05, 0.1) is 19.8 Å². The minimum absolute atomic E-state index is 0.0527. The van der Waals surface area contributed by atoms with E-state index in [0.717, 1.165) is 5.56 Å². The molecule has 4 heteroatoms. The van der Waals surface area contributed by atoms with Crippen molar-refractivity contribution in [1.29, 1.82) is 0 Å². The zero-order valence-electron chi connectivity index (χ0n) is 15.3. The van der Waals surface area contributed by atoms with Gasteiger partial charge in [0.25, 0.3) is 0 Å². The molecule has 0 unspecified atom stereocenters. The summed E-state index contributed by atoms with van der Waals surface area (Å²) in [6.07, 6.45) is 1.65. The lowest BCUT2D eigenvalue weighted by atomic mass is 9.86. The van der Waals surface area contributed by atoms with E-state index < -0.39 is 5.97 Å². The molecule has 0 amide bonds. The fraction of sp³-hybridized carbons (Fsp3) is 0.286. The molecule has 0 fully saturated rings. The first-order valence-corrected chi connectivity index (χ1v) is 8.04. The minimum atomic E-state index is -1.01. The van der Waals surface area contributed by atoms with E-state index in [1.807, 2.05) is 24.3 Å². The third-order valence-corrected chi connectivity index (χ3v) is 4.02. The van der Waals surface area contributed by atoms with Crippen LogP contribution >= 0.6 is 0 Å². The van der Waals surface area contributed by atoms with Crippen LogP contribution in [-0.2, 0) is 10.2 Å². The van der Waals surface area contributed by atoms with Gasteiger partial charge >= 0.3 is 5.97 Å². The summed E-state index contributed by atoms with van der Waals surface area (Å²) < 4.78 is 10.5. The Balaban J connectivity index is 2.48. The van der Waals surface area contributed by atoms with Crippen molar-refractivity contribution in [3.8, 4) is 11.5 Å². The second-order valence-electron chi connectivity index (χ2n) is 6.80. The predicted octanol–water partition coefficient (Wildman–Crippen LogP) is 4.63. The quantitative estimate of drug-likeness (QED) is 0.637. The molecule has 0 aromatic heterocycles. The van der Waals surface area contributed by atoms with E-state index in [1.54, 1.807) is 31.4 Å². The van der Waals surface area contributed by atoms with Gasteiger partial charge in [-0.15, -0.1) is 0 Å². The second kappa shape index (κ2) is 7.43. The molecule has 0 spiro atoms. The van der Waals surface area contributed by atoms with Crippen molar-refractivity contribution in [3.05, 3.63) is 59.2 Å². The van der Waals surface area contributed by atoms with E-state index in [0.29, 0.717) is 17.1 Å². The molecule has 2 aromatic carbocycles. The van der Waals surface area contributed by atoms with Crippen LogP contribution in [0.1, 0.15) is 37.5 Å². The summed E-state index contributed by atoms with van der Waals surface area (Å²) in [6, 6.07) is 13.0. The molecule has 0 aliphatic heterocycles. The number of ether oxygens (including phenoxy) is 2. The summed E-state index contributed by atoms with van der Waals surface area (Å²) in [7, 11) is 3.06. The largest absolute Gasteiger partial charge is 0.497 e. The van der Waals surface area contributed by atoms with Gasteiger partial charge in [-0.2, -0.15) is 0 Å². The van der Waals surface area contributed by atoms with Crippen LogP contribution in [0, 0.1) is 0 Å². The van der Waals surface area contributed by atoms with Crippen molar-refractivity contribution in [2.75, 3.05) is 14.2 Å². The number of methoxy groups -OCH3 is 2. The Morgan fingerprint density at radius 1 is 1.00 bits per heavy atom. The van der Waals surface area contributed by atoms with Gasteiger partial charge in [0.15, 0.2) is 0 Å². The predicted molar refractivity (Wildman–Crippen MR) is 100 cm³/mol. The first kappa shape index (κ1) is 18.6. The van der Waals surface area contributed by atoms with E-state index in [4.69, 9.17) is 9.47 Å². The van der Waals surface area contributed by atoms with Gasteiger partial charge in [0, 0.05) is 11.6 Å². The van der Waals surface area contributed by atoms with Gasteiger partial charge in [-0.3, -0.25) is 0 Å². The van der Waals surface area contributed by atoms with Crippen molar-refractivity contribution in [2.45, 2.75) is 26.2 Å². The van der Waals surface area contributed by atoms with E-state index >= 15 is 0 Å². The molecule has 0 aliphatic rings. The maximum atomic E-state index is 11.8. The Bertz CT molecular complexity index is 781. The molecule has 132 valence electrons. The fourth-order valence-electron chi connectivity index (χ4n) is 2.52. The monoisotopic (exact) mass is 340 g/mol. The van der Waals surface area contributed by atoms with Crippen molar-refractivity contribution in [1.82, 2.24) is 0 Å². The fourth-order valence-corrected chi connectivity index (χ4v) is 2.52. The smallest absolute Gasteiger partial charge is 0.336 e. The third kappa shape index (κ3) is 4.41. The van der Waals surface area contributed by atoms with Crippen molar-refractivity contribution in [2.24, 2.45) is 0 Å². The first-order chi connectivity index (χ1) is 11.8. The number of carboxylic acids is 1. The molecule has 0 saturated carbocycles. The number of benzene rings is 2. The van der Waals surface area contributed by atoms with E-state index in [-0.39, 0.29) is 11.0 Å². The topological polar surface area (TPSA) is 55.8 Å². The van der Waals surface area contributed by atoms with Crippen LogP contribution in [0.15, 0.2) is 42.5 Å². The van der Waals surface area contributed by atoms with Crippen LogP contribution in [0.4, 0.5) is 0 Å². The van der Waals surface area contributed by atoms with Crippen LogP contribution in [0.3, 0.4) is 0 Å². The van der Waals surface area contributed by atoms with Gasteiger partial charge in [-0.1, -0.05) is 45.0 Å². The van der Waals surface area contributed by atoms with Gasteiger partial charge in [0.2, 0.25) is 0 Å². The van der Waals surface area contributed by atoms with Crippen molar-refractivity contribution < 1.29 is 19.4 Å². The molecular formula is C21H24O4. The summed E-state index contributed by atoms with van der Waals surface area (Å²) in [5.74, 6) is 0.0579. The summed E-state index contributed by atoms with van der Waals surface area (Å²) >= 11 is 0. The van der Waals surface area contributed by atoms with Crippen molar-refractivity contribution in [3.63, 3.8) is 0 Å². The maximum Gasteiger partial charge on any atom is 0.336 e. The molecule has 25 heavy (non-hydrogen) atoms. The highest BCUT2D eigenvalue weighted by molar-refractivity contribution is 6.21. The summed E-state index contributed by atoms with van der Waals surface area (Å²) in [6.45, 7) is 6.42. The molecule has 2 rings (SSSR count). The van der Waals surface area contributed by atoms with Crippen LogP contribution in [0.25, 0.3) is 11.6 Å². The molecular weight excluding hydrogens is 316 g/mol. The SMILES string of the molecule is COc1ccc(/C(=C/c2ccc(C(C)(C)C)cc2)C(=O)O)c(OC)c1. The van der Waals surface area contributed by atoms with E-state index in [1.165, 1.54) is 12.7 Å². The lowest BCUT2D eigenvalue weighted by Crippen LogP contribution is -2.10. The average molecular weight is 340 g/mol. The Morgan fingerprint density at radius 3 is 2.12 bits per heavy atom. The van der Waals surface area contributed by atoms with E-state index in [2.05, 4.69) is 20.8 Å². The third-order valence-electron chi connectivity index (χ3n) is 4.02. The normalized spacial score (nSPS) is 12.0. The highest BCUT2D eigenvalue weighted by atomic mass is 16.5. The van der Waals surface area contributed by atoms with Gasteiger partial charge < -0.3 is 14.6 Å². The summed E-state index contributed by atoms with van der Waals surface area (Å²) in [5.41, 5.74) is 2.75. The molecule has 1 N–H and O–H groups in total. The van der Waals surface area contributed by atoms with Crippen molar-refractivity contribution >= 4 is 17.6 Å². The number of hydrogen-bond acceptors (Lipinski definition) is 3. The Hall–Kier alpha value is -2.75. The molecule has 0 heterocycles. The van der Waals surface area contributed by atoms with Crippen LogP contribution in [0.2, 0.25) is 0 Å². The van der Waals surface area contributed by atoms with E-state index in [9.17, 15) is 9.90 Å². The molecule has 2 aromatic rings. The van der Waals surface area contributed by atoms with Gasteiger partial charge in [0.1, 0.15) is 11.5 Å². The zero-order chi connectivity index (χ0) is 18.6. The maximum absolute atomic E-state index is 11.8. The van der Waals surface area contributed by atoms with Gasteiger partial charge in [-0.25, -0.2) is 4.79 Å². The highest BCUT2D eigenvalue weighted by Crippen LogP contribution is 2.32. The van der Waals surface area contributed by atoms with Crippen LogP contribution < -0.4 is 9.47 Å². The van der Waals surface area contributed by atoms with Crippen LogP contribution in [0.5, 0.6) is 11.5 Å². The second-order valence-corrected chi connectivity index (χ2v) is 6.80. The first-order valence-electron chi connectivity index (χ1n) is 8.04. The van der Waals surface area contributed by atoms with Crippen LogP contribution in [-0.4, -0.2) is 25.3 Å². The Labute approximate surface area is 148 Å². The molecule has 4 nitrogen and oxygen atoms in total. The lowest BCUT2D eigenvalue weighted by Gasteiger charge is -2.19. The minimum Gasteiger partial charge on any atom is -0.497 e. The highest BCUT2D eigenvalue weighted by Gasteiger charge is 2.17. The zero-order valence-corrected chi connectivity index (χ0v) is 15.3. The molecule has 0 saturated heterocycles. The summed E-state index contributed by atoms with van der Waals surface area (Å²) in [5, 5.41) is 9.66. The molecule has 0 bridgehead atoms. The average Bonchev–Trinajstić information content (AvgIpc) is 2.58.